The Morgan fingerprint density at radius 1 is 1.00 bits per heavy atom. The molecule has 0 bridgehead atoms. The van der Waals surface area contributed by atoms with Crippen LogP contribution in [0.5, 0.6) is 0 Å². The zero-order valence-electron chi connectivity index (χ0n) is 14.4. The highest BCUT2D eigenvalue weighted by Gasteiger charge is 2.19. The lowest BCUT2D eigenvalue weighted by Gasteiger charge is -2.35. The molecule has 0 saturated carbocycles. The van der Waals surface area contributed by atoms with E-state index in [2.05, 4.69) is 51.0 Å². The van der Waals surface area contributed by atoms with Crippen LogP contribution in [0.1, 0.15) is 11.3 Å². The molecule has 5 nitrogen and oxygen atoms in total. The normalized spacial score (nSPS) is 15.6. The van der Waals surface area contributed by atoms with Gasteiger partial charge in [-0.25, -0.2) is 4.98 Å². The molecule has 1 fully saturated rings. The summed E-state index contributed by atoms with van der Waals surface area (Å²) in [5, 5.41) is 0. The minimum Gasteiger partial charge on any atom is -0.369 e. The number of para-hydroxylation sites is 2. The van der Waals surface area contributed by atoms with E-state index in [1.807, 2.05) is 24.3 Å². The Kier molecular flexibility index (Phi) is 4.24. The molecule has 0 radical (unpaired) electrons. The highest BCUT2D eigenvalue weighted by atomic mass is 16.1. The number of anilines is 1. The van der Waals surface area contributed by atoms with E-state index in [4.69, 9.17) is 0 Å². The summed E-state index contributed by atoms with van der Waals surface area (Å²) in [7, 11) is 0. The van der Waals surface area contributed by atoms with Crippen LogP contribution in [0.25, 0.3) is 11.0 Å². The summed E-state index contributed by atoms with van der Waals surface area (Å²) in [6.45, 7) is 6.50. The third kappa shape index (κ3) is 3.42. The molecule has 0 amide bonds. The molecule has 2 heterocycles. The van der Waals surface area contributed by atoms with Crippen LogP contribution in [-0.2, 0) is 6.54 Å². The van der Waals surface area contributed by atoms with Gasteiger partial charge in [0.2, 0.25) is 0 Å². The van der Waals surface area contributed by atoms with E-state index in [0.29, 0.717) is 12.2 Å². The first-order valence-electron chi connectivity index (χ1n) is 8.71. The van der Waals surface area contributed by atoms with Gasteiger partial charge in [0, 0.05) is 38.4 Å². The maximum Gasteiger partial charge on any atom is 0.271 e. The Bertz CT molecular complexity index is 924. The van der Waals surface area contributed by atoms with Gasteiger partial charge >= 0.3 is 0 Å². The van der Waals surface area contributed by atoms with E-state index in [9.17, 15) is 4.79 Å². The van der Waals surface area contributed by atoms with Gasteiger partial charge in [-0.1, -0.05) is 29.8 Å². The standard InChI is InChI=1S/C20H22N4O/c1-15-6-8-16(9-7-15)24-12-10-23(11-13-24)14-19-20(25)22-18-5-3-2-4-17(18)21-19/h2-9H,10-14H2,1H3,(H,22,25). The fourth-order valence-corrected chi connectivity index (χ4v) is 3.31. The van der Waals surface area contributed by atoms with Gasteiger partial charge < -0.3 is 9.88 Å². The number of nitrogens with zero attached hydrogens (tertiary/aromatic N) is 3. The van der Waals surface area contributed by atoms with Crippen LogP contribution < -0.4 is 10.5 Å². The molecule has 3 aromatic rings. The molecule has 25 heavy (non-hydrogen) atoms. The average molecular weight is 334 g/mol. The number of H-pyrrole nitrogens is 1. The number of hydrogen-bond donors (Lipinski definition) is 1. The third-order valence-electron chi connectivity index (χ3n) is 4.81. The lowest BCUT2D eigenvalue weighted by molar-refractivity contribution is 0.246. The van der Waals surface area contributed by atoms with Gasteiger partial charge in [0.1, 0.15) is 5.69 Å². The number of rotatable bonds is 3. The number of benzene rings is 2. The fraction of sp³-hybridized carbons (Fsp3) is 0.300. The van der Waals surface area contributed by atoms with E-state index in [0.717, 1.165) is 37.2 Å². The SMILES string of the molecule is Cc1ccc(N2CCN(Cc3nc4ccccc4[nH]c3=O)CC2)cc1. The van der Waals surface area contributed by atoms with Gasteiger partial charge in [-0.05, 0) is 31.2 Å². The number of fused-ring (bicyclic) bond motifs is 1. The molecule has 1 saturated heterocycles. The highest BCUT2D eigenvalue weighted by Crippen LogP contribution is 2.17. The molecular formula is C20H22N4O. The average Bonchev–Trinajstić information content (AvgIpc) is 2.64. The molecule has 1 aliphatic heterocycles. The summed E-state index contributed by atoms with van der Waals surface area (Å²) in [6.07, 6.45) is 0. The van der Waals surface area contributed by atoms with Crippen molar-refractivity contribution in [1.29, 1.82) is 0 Å². The van der Waals surface area contributed by atoms with E-state index >= 15 is 0 Å². The largest absolute Gasteiger partial charge is 0.369 e. The first-order chi connectivity index (χ1) is 12.2. The van der Waals surface area contributed by atoms with Gasteiger partial charge in [-0.2, -0.15) is 0 Å². The van der Waals surface area contributed by atoms with Crippen molar-refractivity contribution < 1.29 is 0 Å². The number of aryl methyl sites for hydroxylation is 1. The van der Waals surface area contributed by atoms with Crippen LogP contribution >= 0.6 is 0 Å². The number of aromatic amines is 1. The van der Waals surface area contributed by atoms with Crippen LogP contribution in [0, 0.1) is 6.92 Å². The molecule has 0 aliphatic carbocycles. The zero-order valence-corrected chi connectivity index (χ0v) is 14.4. The Labute approximate surface area is 146 Å². The molecule has 1 aromatic heterocycles. The van der Waals surface area contributed by atoms with Gasteiger partial charge in [0.15, 0.2) is 0 Å². The Hall–Kier alpha value is -2.66. The van der Waals surface area contributed by atoms with E-state index in [1.165, 1.54) is 11.3 Å². The Morgan fingerprint density at radius 2 is 1.72 bits per heavy atom. The summed E-state index contributed by atoms with van der Waals surface area (Å²) < 4.78 is 0. The first-order valence-corrected chi connectivity index (χ1v) is 8.71. The molecule has 128 valence electrons. The van der Waals surface area contributed by atoms with Gasteiger partial charge in [-0.3, -0.25) is 9.69 Å². The molecule has 4 rings (SSSR count). The first kappa shape index (κ1) is 15.8. The molecule has 1 N–H and O–H groups in total. The predicted molar refractivity (Wildman–Crippen MR) is 101 cm³/mol. The van der Waals surface area contributed by atoms with E-state index in [-0.39, 0.29) is 5.56 Å². The smallest absolute Gasteiger partial charge is 0.271 e. The summed E-state index contributed by atoms with van der Waals surface area (Å²) in [6, 6.07) is 16.3. The number of hydrogen-bond acceptors (Lipinski definition) is 4. The molecule has 0 unspecified atom stereocenters. The number of piperazine rings is 1. The monoisotopic (exact) mass is 334 g/mol. The lowest BCUT2D eigenvalue weighted by Crippen LogP contribution is -2.46. The molecule has 1 aliphatic rings. The quantitative estimate of drug-likeness (QED) is 0.800. The highest BCUT2D eigenvalue weighted by molar-refractivity contribution is 5.73. The van der Waals surface area contributed by atoms with Crippen molar-refractivity contribution >= 4 is 16.7 Å². The topological polar surface area (TPSA) is 52.2 Å². The van der Waals surface area contributed by atoms with Crippen LogP contribution in [0.4, 0.5) is 5.69 Å². The van der Waals surface area contributed by atoms with Crippen molar-refractivity contribution in [2.45, 2.75) is 13.5 Å². The van der Waals surface area contributed by atoms with Crippen LogP contribution in [0.2, 0.25) is 0 Å². The second-order valence-corrected chi connectivity index (χ2v) is 6.63. The minimum atomic E-state index is -0.0836. The summed E-state index contributed by atoms with van der Waals surface area (Å²) in [4.78, 5) is 24.5. The molecular weight excluding hydrogens is 312 g/mol. The van der Waals surface area contributed by atoms with Gasteiger partial charge in [0.05, 0.1) is 11.0 Å². The summed E-state index contributed by atoms with van der Waals surface area (Å²) in [5.41, 5.74) is 4.70. The third-order valence-corrected chi connectivity index (χ3v) is 4.81. The van der Waals surface area contributed by atoms with Crippen molar-refractivity contribution in [3.8, 4) is 0 Å². The maximum absolute atomic E-state index is 12.3. The van der Waals surface area contributed by atoms with E-state index in [1.54, 1.807) is 0 Å². The molecule has 5 heteroatoms. The molecule has 0 spiro atoms. The lowest BCUT2D eigenvalue weighted by atomic mass is 10.2. The summed E-state index contributed by atoms with van der Waals surface area (Å²) in [5.74, 6) is 0. The maximum atomic E-state index is 12.3. The van der Waals surface area contributed by atoms with Crippen molar-refractivity contribution in [1.82, 2.24) is 14.9 Å². The van der Waals surface area contributed by atoms with Crippen LogP contribution in [-0.4, -0.2) is 41.0 Å². The van der Waals surface area contributed by atoms with Crippen molar-refractivity contribution in [2.75, 3.05) is 31.1 Å². The molecule has 0 atom stereocenters. The van der Waals surface area contributed by atoms with Crippen molar-refractivity contribution in [3.63, 3.8) is 0 Å². The minimum absolute atomic E-state index is 0.0836. The van der Waals surface area contributed by atoms with Crippen LogP contribution in [0.15, 0.2) is 53.3 Å². The fourth-order valence-electron chi connectivity index (χ4n) is 3.31. The van der Waals surface area contributed by atoms with Crippen molar-refractivity contribution in [2.24, 2.45) is 0 Å². The Morgan fingerprint density at radius 3 is 2.48 bits per heavy atom. The van der Waals surface area contributed by atoms with E-state index < -0.39 is 0 Å². The second-order valence-electron chi connectivity index (χ2n) is 6.63. The Balaban J connectivity index is 1.44. The van der Waals surface area contributed by atoms with Crippen molar-refractivity contribution in [3.05, 3.63) is 70.1 Å². The van der Waals surface area contributed by atoms with Gasteiger partial charge in [-0.15, -0.1) is 0 Å². The zero-order chi connectivity index (χ0) is 17.2. The number of aromatic nitrogens is 2. The number of nitrogens with one attached hydrogen (secondary N) is 1. The van der Waals surface area contributed by atoms with Gasteiger partial charge in [0.25, 0.3) is 5.56 Å². The van der Waals surface area contributed by atoms with Crippen LogP contribution in [0.3, 0.4) is 0 Å². The predicted octanol–water partition coefficient (Wildman–Crippen LogP) is 2.55. The second kappa shape index (κ2) is 6.69. The summed E-state index contributed by atoms with van der Waals surface area (Å²) >= 11 is 0. The molecule has 2 aromatic carbocycles.